The van der Waals surface area contributed by atoms with Crippen LogP contribution in [-0.2, 0) is 11.3 Å². The highest BCUT2D eigenvalue weighted by molar-refractivity contribution is 5.95. The van der Waals surface area contributed by atoms with E-state index in [4.69, 9.17) is 13.7 Å². The maximum absolute atomic E-state index is 11.4. The molecule has 0 spiro atoms. The molecule has 4 rings (SSSR count). The molecule has 2 N–H and O–H groups in total. The molecule has 0 radical (unpaired) electrons. The summed E-state index contributed by atoms with van der Waals surface area (Å²) in [5.41, 5.74) is 1.69. The van der Waals surface area contributed by atoms with Crippen LogP contribution in [0, 0.1) is 0 Å². The number of ether oxygens (including phenoxy) is 1. The van der Waals surface area contributed by atoms with Crippen molar-refractivity contribution in [3.05, 3.63) is 48.0 Å². The molecule has 1 aliphatic heterocycles. The Hall–Kier alpha value is -3.13. The van der Waals surface area contributed by atoms with Gasteiger partial charge in [-0.2, -0.15) is 4.98 Å². The first-order chi connectivity index (χ1) is 12.2. The summed E-state index contributed by atoms with van der Waals surface area (Å²) in [6, 6.07) is 9.26. The Morgan fingerprint density at radius 3 is 3.12 bits per heavy atom. The molecule has 3 heterocycles. The summed E-state index contributed by atoms with van der Waals surface area (Å²) in [5.74, 6) is 1.97. The molecule has 8 heteroatoms. The van der Waals surface area contributed by atoms with E-state index >= 15 is 0 Å². The van der Waals surface area contributed by atoms with E-state index in [2.05, 4.69) is 20.8 Å². The zero-order chi connectivity index (χ0) is 17.2. The molecule has 0 bridgehead atoms. The monoisotopic (exact) mass is 340 g/mol. The van der Waals surface area contributed by atoms with E-state index in [1.54, 1.807) is 18.4 Å². The summed E-state index contributed by atoms with van der Waals surface area (Å²) in [6.07, 6.45) is 1.56. The van der Waals surface area contributed by atoms with Crippen LogP contribution in [0.1, 0.15) is 24.4 Å². The number of carbonyl (C=O) groups excluding carboxylic acids is 1. The van der Waals surface area contributed by atoms with Crippen molar-refractivity contribution >= 4 is 11.6 Å². The van der Waals surface area contributed by atoms with Gasteiger partial charge in [0.15, 0.2) is 12.4 Å². The van der Waals surface area contributed by atoms with E-state index in [9.17, 15) is 4.79 Å². The van der Waals surface area contributed by atoms with E-state index in [0.717, 1.165) is 5.56 Å². The summed E-state index contributed by atoms with van der Waals surface area (Å²) in [5, 5.41) is 10.0. The van der Waals surface area contributed by atoms with Gasteiger partial charge in [0, 0.05) is 6.04 Å². The zero-order valence-electron chi connectivity index (χ0n) is 13.5. The molecule has 0 saturated heterocycles. The van der Waals surface area contributed by atoms with Gasteiger partial charge in [0.05, 0.1) is 18.5 Å². The number of anilines is 1. The number of amides is 1. The van der Waals surface area contributed by atoms with Gasteiger partial charge in [-0.3, -0.25) is 4.79 Å². The first kappa shape index (κ1) is 15.4. The van der Waals surface area contributed by atoms with Crippen LogP contribution >= 0.6 is 0 Å². The number of nitrogens with one attached hydrogen (secondary N) is 2. The lowest BCUT2D eigenvalue weighted by atomic mass is 10.1. The van der Waals surface area contributed by atoms with Crippen LogP contribution in [0.15, 0.2) is 45.5 Å². The van der Waals surface area contributed by atoms with Crippen molar-refractivity contribution in [2.24, 2.45) is 0 Å². The molecule has 0 aliphatic carbocycles. The van der Waals surface area contributed by atoms with Gasteiger partial charge in [-0.05, 0) is 36.8 Å². The number of furan rings is 1. The van der Waals surface area contributed by atoms with E-state index in [1.807, 2.05) is 25.1 Å². The fourth-order valence-electron chi connectivity index (χ4n) is 2.56. The maximum atomic E-state index is 11.4. The Balaban J connectivity index is 1.41. The van der Waals surface area contributed by atoms with Gasteiger partial charge in [0.25, 0.3) is 5.91 Å². The van der Waals surface area contributed by atoms with Crippen LogP contribution in [0.4, 0.5) is 5.69 Å². The maximum Gasteiger partial charge on any atom is 0.262 e. The van der Waals surface area contributed by atoms with Gasteiger partial charge in [-0.15, -0.1) is 0 Å². The number of hydrogen-bond acceptors (Lipinski definition) is 7. The van der Waals surface area contributed by atoms with Crippen molar-refractivity contribution < 1.29 is 18.5 Å². The fourth-order valence-corrected chi connectivity index (χ4v) is 2.56. The van der Waals surface area contributed by atoms with E-state index in [-0.39, 0.29) is 18.6 Å². The van der Waals surface area contributed by atoms with Crippen LogP contribution in [-0.4, -0.2) is 22.7 Å². The normalized spacial score (nSPS) is 14.5. The minimum Gasteiger partial charge on any atom is -0.482 e. The molecular formula is C17H16N4O4. The number of hydrogen-bond donors (Lipinski definition) is 2. The third kappa shape index (κ3) is 3.24. The minimum atomic E-state index is -0.151. The highest BCUT2D eigenvalue weighted by Crippen LogP contribution is 2.30. The van der Waals surface area contributed by atoms with Crippen molar-refractivity contribution in [1.82, 2.24) is 15.5 Å². The number of nitrogens with zero attached hydrogens (tertiary/aromatic N) is 2. The third-order valence-electron chi connectivity index (χ3n) is 3.91. The van der Waals surface area contributed by atoms with Crippen LogP contribution in [0.2, 0.25) is 0 Å². The molecule has 0 unspecified atom stereocenters. The molecule has 2 aromatic heterocycles. The molecule has 0 fully saturated rings. The van der Waals surface area contributed by atoms with Crippen LogP contribution in [0.5, 0.6) is 5.75 Å². The Bertz CT molecular complexity index is 888. The smallest absolute Gasteiger partial charge is 0.262 e. The van der Waals surface area contributed by atoms with Crippen molar-refractivity contribution in [3.63, 3.8) is 0 Å². The lowest BCUT2D eigenvalue weighted by Crippen LogP contribution is -2.26. The SMILES string of the molecule is C[C@H](NCc1nc(-c2ccco2)no1)c1ccc2c(c1)NC(=O)CO2. The Kier molecular flexibility index (Phi) is 3.95. The van der Waals surface area contributed by atoms with Gasteiger partial charge < -0.3 is 24.3 Å². The van der Waals surface area contributed by atoms with Crippen molar-refractivity contribution in [2.75, 3.05) is 11.9 Å². The predicted octanol–water partition coefficient (Wildman–Crippen LogP) is 2.51. The quantitative estimate of drug-likeness (QED) is 0.735. The molecule has 3 aromatic rings. The zero-order valence-corrected chi connectivity index (χ0v) is 13.5. The summed E-state index contributed by atoms with van der Waals surface area (Å²) in [4.78, 5) is 15.7. The number of carbonyl (C=O) groups is 1. The second kappa shape index (κ2) is 6.40. The molecule has 1 aliphatic rings. The highest BCUT2D eigenvalue weighted by Gasteiger charge is 2.18. The summed E-state index contributed by atoms with van der Waals surface area (Å²) < 4.78 is 15.8. The second-order valence-electron chi connectivity index (χ2n) is 5.68. The van der Waals surface area contributed by atoms with Gasteiger partial charge in [0.2, 0.25) is 11.7 Å². The fraction of sp³-hybridized carbons (Fsp3) is 0.235. The van der Waals surface area contributed by atoms with E-state index < -0.39 is 0 Å². The molecule has 128 valence electrons. The van der Waals surface area contributed by atoms with E-state index in [1.165, 1.54) is 0 Å². The second-order valence-corrected chi connectivity index (χ2v) is 5.68. The summed E-state index contributed by atoms with van der Waals surface area (Å²) in [6.45, 7) is 2.47. The minimum absolute atomic E-state index is 0.0168. The first-order valence-electron chi connectivity index (χ1n) is 7.85. The van der Waals surface area contributed by atoms with E-state index in [0.29, 0.717) is 35.5 Å². The van der Waals surface area contributed by atoms with Gasteiger partial charge in [0.1, 0.15) is 5.75 Å². The Morgan fingerprint density at radius 2 is 2.28 bits per heavy atom. The molecule has 0 saturated carbocycles. The van der Waals surface area contributed by atoms with Crippen molar-refractivity contribution in [1.29, 1.82) is 0 Å². The average molecular weight is 340 g/mol. The lowest BCUT2D eigenvalue weighted by Gasteiger charge is -2.20. The average Bonchev–Trinajstić information content (AvgIpc) is 3.30. The Labute approximate surface area is 143 Å². The molecular weight excluding hydrogens is 324 g/mol. The molecule has 1 amide bonds. The standard InChI is InChI=1S/C17H16N4O4/c1-10(11-4-5-13-12(7-11)19-15(22)9-24-13)18-8-16-20-17(21-25-16)14-3-2-6-23-14/h2-7,10,18H,8-9H2,1H3,(H,19,22)/t10-/m0/s1. The molecule has 8 nitrogen and oxygen atoms in total. The first-order valence-corrected chi connectivity index (χ1v) is 7.85. The lowest BCUT2D eigenvalue weighted by molar-refractivity contribution is -0.118. The number of aromatic nitrogens is 2. The highest BCUT2D eigenvalue weighted by atomic mass is 16.5. The number of rotatable bonds is 5. The summed E-state index contributed by atoms with van der Waals surface area (Å²) in [7, 11) is 0. The topological polar surface area (TPSA) is 102 Å². The Morgan fingerprint density at radius 1 is 1.36 bits per heavy atom. The van der Waals surface area contributed by atoms with Gasteiger partial charge in [-0.1, -0.05) is 11.2 Å². The van der Waals surface area contributed by atoms with Gasteiger partial charge >= 0.3 is 0 Å². The van der Waals surface area contributed by atoms with Crippen LogP contribution in [0.3, 0.4) is 0 Å². The largest absolute Gasteiger partial charge is 0.482 e. The van der Waals surface area contributed by atoms with Gasteiger partial charge in [-0.25, -0.2) is 0 Å². The van der Waals surface area contributed by atoms with Crippen LogP contribution < -0.4 is 15.4 Å². The molecule has 1 atom stereocenters. The predicted molar refractivity (Wildman–Crippen MR) is 87.8 cm³/mol. The van der Waals surface area contributed by atoms with Crippen LogP contribution in [0.25, 0.3) is 11.6 Å². The third-order valence-corrected chi connectivity index (χ3v) is 3.91. The number of fused-ring (bicyclic) bond motifs is 1. The molecule has 25 heavy (non-hydrogen) atoms. The number of benzene rings is 1. The summed E-state index contributed by atoms with van der Waals surface area (Å²) >= 11 is 0. The molecule has 1 aromatic carbocycles. The van der Waals surface area contributed by atoms with Crippen molar-refractivity contribution in [3.8, 4) is 17.3 Å². The van der Waals surface area contributed by atoms with Crippen molar-refractivity contribution in [2.45, 2.75) is 19.5 Å².